The van der Waals surface area contributed by atoms with Crippen molar-refractivity contribution >= 4 is 0 Å². The molecule has 0 amide bonds. The molecule has 0 N–H and O–H groups in total. The highest BCUT2D eigenvalue weighted by atomic mass is 16.5. The molecule has 17 heavy (non-hydrogen) atoms. The van der Waals surface area contributed by atoms with Gasteiger partial charge in [-0.05, 0) is 6.42 Å². The molecule has 4 nitrogen and oxygen atoms in total. The van der Waals surface area contributed by atoms with Crippen molar-refractivity contribution in [3.63, 3.8) is 0 Å². The lowest BCUT2D eigenvalue weighted by Gasteiger charge is -2.00. The van der Waals surface area contributed by atoms with Gasteiger partial charge in [-0.25, -0.2) is 0 Å². The maximum atomic E-state index is 5.26. The molecule has 0 fully saturated rings. The van der Waals surface area contributed by atoms with Gasteiger partial charge >= 0.3 is 0 Å². The van der Waals surface area contributed by atoms with Crippen LogP contribution in [0.2, 0.25) is 0 Å². The Morgan fingerprint density at radius 3 is 1.47 bits per heavy atom. The zero-order valence-electron chi connectivity index (χ0n) is 10.6. The van der Waals surface area contributed by atoms with Gasteiger partial charge in [0.15, 0.2) is 0 Å². The molecule has 0 spiro atoms. The van der Waals surface area contributed by atoms with E-state index in [1.807, 2.05) is 0 Å². The molecule has 0 rings (SSSR count). The smallest absolute Gasteiger partial charge is 0.107 e. The van der Waals surface area contributed by atoms with Crippen molar-refractivity contribution < 1.29 is 18.9 Å². The average Bonchev–Trinajstić information content (AvgIpc) is 2.35. The second-order valence-corrected chi connectivity index (χ2v) is 3.03. The van der Waals surface area contributed by atoms with Gasteiger partial charge in [-0.3, -0.25) is 0 Å². The molecule has 0 aromatic heterocycles. The van der Waals surface area contributed by atoms with E-state index in [0.717, 1.165) is 6.42 Å². The molecule has 0 bridgehead atoms. The minimum Gasteiger partial charge on any atom is -0.372 e. The van der Waals surface area contributed by atoms with E-state index in [1.54, 1.807) is 14.2 Å². The largest absolute Gasteiger partial charge is 0.372 e. The fourth-order valence-corrected chi connectivity index (χ4v) is 0.858. The van der Waals surface area contributed by atoms with E-state index in [4.69, 9.17) is 18.9 Å². The Morgan fingerprint density at radius 2 is 1.06 bits per heavy atom. The first kappa shape index (κ1) is 16.0. The second kappa shape index (κ2) is 15.0. The van der Waals surface area contributed by atoms with E-state index in [0.29, 0.717) is 39.6 Å². The second-order valence-electron chi connectivity index (χ2n) is 3.03. The molecule has 0 saturated carbocycles. The molecule has 96 valence electrons. The van der Waals surface area contributed by atoms with Gasteiger partial charge in [-0.15, -0.1) is 0 Å². The van der Waals surface area contributed by atoms with E-state index in [9.17, 15) is 0 Å². The van der Waals surface area contributed by atoms with Crippen LogP contribution >= 0.6 is 0 Å². The Kier molecular flexibility index (Phi) is 14.0. The SMILES string of the molecule is COCC#CCOCCCOCC#CCOC. The quantitative estimate of drug-likeness (QED) is 0.462. The van der Waals surface area contributed by atoms with E-state index in [1.165, 1.54) is 0 Å². The summed E-state index contributed by atoms with van der Waals surface area (Å²) in [6.45, 7) is 3.08. The highest BCUT2D eigenvalue weighted by Gasteiger charge is 1.87. The van der Waals surface area contributed by atoms with Crippen molar-refractivity contribution in [1.82, 2.24) is 0 Å². The Hall–Kier alpha value is -1.04. The Morgan fingerprint density at radius 1 is 0.647 bits per heavy atom. The highest BCUT2D eigenvalue weighted by molar-refractivity contribution is 4.99. The van der Waals surface area contributed by atoms with Crippen molar-refractivity contribution in [2.75, 3.05) is 53.9 Å². The average molecular weight is 240 g/mol. The summed E-state index contributed by atoms with van der Waals surface area (Å²) in [5.74, 6) is 11.3. The first-order chi connectivity index (χ1) is 8.41. The van der Waals surface area contributed by atoms with Crippen molar-refractivity contribution in [1.29, 1.82) is 0 Å². The number of hydrogen-bond donors (Lipinski definition) is 0. The number of methoxy groups -OCH3 is 2. The highest BCUT2D eigenvalue weighted by Crippen LogP contribution is 1.84. The minimum atomic E-state index is 0.441. The number of rotatable bonds is 8. The first-order valence-electron chi connectivity index (χ1n) is 5.46. The summed E-state index contributed by atoms with van der Waals surface area (Å²) in [5.41, 5.74) is 0. The van der Waals surface area contributed by atoms with Crippen LogP contribution in [0.25, 0.3) is 0 Å². The monoisotopic (exact) mass is 240 g/mol. The molecule has 0 unspecified atom stereocenters. The maximum Gasteiger partial charge on any atom is 0.107 e. The van der Waals surface area contributed by atoms with Gasteiger partial charge < -0.3 is 18.9 Å². The molecule has 0 aromatic rings. The van der Waals surface area contributed by atoms with Gasteiger partial charge in [0.1, 0.15) is 26.4 Å². The summed E-state index contributed by atoms with van der Waals surface area (Å²) in [6, 6.07) is 0. The maximum absolute atomic E-state index is 5.26. The molecule has 0 atom stereocenters. The van der Waals surface area contributed by atoms with Gasteiger partial charge in [0.05, 0.1) is 13.2 Å². The van der Waals surface area contributed by atoms with Crippen molar-refractivity contribution in [3.8, 4) is 23.7 Å². The zero-order chi connectivity index (χ0) is 12.6. The molecule has 0 aromatic carbocycles. The molecule has 0 aliphatic heterocycles. The summed E-state index contributed by atoms with van der Waals surface area (Å²) in [5, 5.41) is 0. The lowest BCUT2D eigenvalue weighted by Crippen LogP contribution is -2.01. The molecular weight excluding hydrogens is 220 g/mol. The summed E-state index contributed by atoms with van der Waals surface area (Å²) >= 11 is 0. The summed E-state index contributed by atoms with van der Waals surface area (Å²) < 4.78 is 20.1. The topological polar surface area (TPSA) is 36.9 Å². The van der Waals surface area contributed by atoms with Crippen LogP contribution in [0.15, 0.2) is 0 Å². The molecular formula is C13H20O4. The lowest BCUT2D eigenvalue weighted by atomic mass is 10.5. The fraction of sp³-hybridized carbons (Fsp3) is 0.692. The molecule has 0 aliphatic rings. The van der Waals surface area contributed by atoms with Crippen molar-refractivity contribution in [2.24, 2.45) is 0 Å². The minimum absolute atomic E-state index is 0.441. The third kappa shape index (κ3) is 15.0. The molecule has 0 radical (unpaired) electrons. The molecule has 4 heteroatoms. The third-order valence-corrected chi connectivity index (χ3v) is 1.61. The Labute approximate surface area is 104 Å². The van der Waals surface area contributed by atoms with Gasteiger partial charge in [-0.2, -0.15) is 0 Å². The Bertz CT molecular complexity index is 239. The molecule has 0 aliphatic carbocycles. The van der Waals surface area contributed by atoms with E-state index < -0.39 is 0 Å². The van der Waals surface area contributed by atoms with Crippen LogP contribution in [-0.2, 0) is 18.9 Å². The van der Waals surface area contributed by atoms with E-state index in [2.05, 4.69) is 23.7 Å². The van der Waals surface area contributed by atoms with Gasteiger partial charge in [0.25, 0.3) is 0 Å². The van der Waals surface area contributed by atoms with Crippen LogP contribution in [-0.4, -0.2) is 53.9 Å². The van der Waals surface area contributed by atoms with Crippen LogP contribution < -0.4 is 0 Å². The van der Waals surface area contributed by atoms with Gasteiger partial charge in [-0.1, -0.05) is 23.7 Å². The van der Waals surface area contributed by atoms with Crippen molar-refractivity contribution in [2.45, 2.75) is 6.42 Å². The van der Waals surface area contributed by atoms with Crippen LogP contribution in [0.4, 0.5) is 0 Å². The zero-order valence-corrected chi connectivity index (χ0v) is 10.6. The lowest BCUT2D eigenvalue weighted by molar-refractivity contribution is 0.111. The van der Waals surface area contributed by atoms with Crippen LogP contribution in [0, 0.1) is 23.7 Å². The fourth-order valence-electron chi connectivity index (χ4n) is 0.858. The van der Waals surface area contributed by atoms with E-state index in [-0.39, 0.29) is 0 Å². The summed E-state index contributed by atoms with van der Waals surface area (Å²) in [4.78, 5) is 0. The van der Waals surface area contributed by atoms with Gasteiger partial charge in [0.2, 0.25) is 0 Å². The normalized spacial score (nSPS) is 9.06. The van der Waals surface area contributed by atoms with Crippen molar-refractivity contribution in [3.05, 3.63) is 0 Å². The predicted octanol–water partition coefficient (Wildman–Crippen LogP) is 0.709. The number of ether oxygens (including phenoxy) is 4. The van der Waals surface area contributed by atoms with Crippen LogP contribution in [0.5, 0.6) is 0 Å². The predicted molar refractivity (Wildman–Crippen MR) is 65.6 cm³/mol. The summed E-state index contributed by atoms with van der Waals surface area (Å²) in [7, 11) is 3.23. The van der Waals surface area contributed by atoms with E-state index >= 15 is 0 Å². The standard InChI is InChI=1S/C13H20O4/c1-14-8-3-5-10-16-12-7-13-17-11-6-4-9-15-2/h7-13H2,1-2H3. The first-order valence-corrected chi connectivity index (χ1v) is 5.46. The van der Waals surface area contributed by atoms with Gasteiger partial charge in [0, 0.05) is 14.2 Å². The molecule has 0 saturated heterocycles. The number of hydrogen-bond acceptors (Lipinski definition) is 4. The molecule has 0 heterocycles. The van der Waals surface area contributed by atoms with Crippen LogP contribution in [0.3, 0.4) is 0 Å². The van der Waals surface area contributed by atoms with Crippen LogP contribution in [0.1, 0.15) is 6.42 Å². The third-order valence-electron chi connectivity index (χ3n) is 1.61. The Balaban J connectivity index is 3.10. The summed E-state index contributed by atoms with van der Waals surface area (Å²) in [6.07, 6.45) is 0.845.